The summed E-state index contributed by atoms with van der Waals surface area (Å²) >= 11 is 5.51. The van der Waals surface area contributed by atoms with Crippen molar-refractivity contribution in [2.75, 3.05) is 26.6 Å². The van der Waals surface area contributed by atoms with E-state index in [1.165, 1.54) is 38.5 Å². The Morgan fingerprint density at radius 2 is 1.54 bits per heavy atom. The third kappa shape index (κ3) is 6.42. The molecule has 0 saturated carbocycles. The van der Waals surface area contributed by atoms with Crippen molar-refractivity contribution in [1.82, 2.24) is 9.55 Å². The first-order valence-corrected chi connectivity index (χ1v) is 14.2. The summed E-state index contributed by atoms with van der Waals surface area (Å²) in [4.78, 5) is 15.5. The summed E-state index contributed by atoms with van der Waals surface area (Å²) in [6, 6.07) is 12.1. The molecule has 4 N–H and O–H groups in total. The Kier molecular flexibility index (Phi) is 9.11. The van der Waals surface area contributed by atoms with Crippen molar-refractivity contribution in [2.45, 2.75) is 30.5 Å². The first-order valence-electron chi connectivity index (χ1n) is 11.7. The summed E-state index contributed by atoms with van der Waals surface area (Å²) in [6.07, 6.45) is -9.47. The first kappa shape index (κ1) is 30.6. The highest BCUT2D eigenvalue weighted by atomic mass is 32.5. The molecule has 0 amide bonds. The van der Waals surface area contributed by atoms with Crippen molar-refractivity contribution in [3.8, 4) is 23.0 Å². The van der Waals surface area contributed by atoms with Gasteiger partial charge in [0.25, 0.3) is 6.43 Å². The number of ether oxygens (including phenoxy) is 3. The molecule has 222 valence electrons. The molecule has 0 radical (unpaired) electrons. The summed E-state index contributed by atoms with van der Waals surface area (Å²) in [7, 11) is 2.91. The van der Waals surface area contributed by atoms with Gasteiger partial charge < -0.3 is 39.2 Å². The van der Waals surface area contributed by atoms with Gasteiger partial charge in [0.1, 0.15) is 35.2 Å². The number of nitrogens with zero attached hydrogens (tertiary/aromatic N) is 2. The second kappa shape index (κ2) is 12.2. The van der Waals surface area contributed by atoms with Crippen LogP contribution in [0.3, 0.4) is 0 Å². The summed E-state index contributed by atoms with van der Waals surface area (Å²) in [5, 5.41) is 21.3. The predicted octanol–water partition coefficient (Wildman–Crippen LogP) is 2.64. The Balaban J connectivity index is 1.65. The van der Waals surface area contributed by atoms with Crippen LogP contribution >= 0.6 is 6.72 Å². The van der Waals surface area contributed by atoms with Crippen LogP contribution in [0.1, 0.15) is 6.23 Å². The molecule has 0 aliphatic carbocycles. The lowest BCUT2D eigenvalue weighted by Gasteiger charge is -2.33. The van der Waals surface area contributed by atoms with E-state index in [0.717, 1.165) is 0 Å². The number of nitrogen functional groups attached to an aromatic ring is 1. The first-order chi connectivity index (χ1) is 19.4. The number of hydrogen-bond donors (Lipinski definition) is 3. The molecule has 3 aromatic rings. The predicted molar refractivity (Wildman–Crippen MR) is 141 cm³/mol. The van der Waals surface area contributed by atoms with E-state index in [-0.39, 0.29) is 11.5 Å². The Hall–Kier alpha value is -3.40. The van der Waals surface area contributed by atoms with Gasteiger partial charge in [-0.3, -0.25) is 9.09 Å². The van der Waals surface area contributed by atoms with E-state index in [2.05, 4.69) is 4.98 Å². The quantitative estimate of drug-likeness (QED) is 0.270. The topological polar surface area (TPSA) is 157 Å². The molecule has 0 unspecified atom stereocenters. The van der Waals surface area contributed by atoms with E-state index in [1.54, 1.807) is 24.3 Å². The molecule has 17 heteroatoms. The minimum Gasteiger partial charge on any atom is -0.497 e. The number of benzene rings is 2. The number of nitrogens with two attached hydrogens (primary N) is 1. The van der Waals surface area contributed by atoms with Crippen LogP contribution in [0.25, 0.3) is 0 Å². The molecular formula is C24H25F3N3O9PS. The highest BCUT2D eigenvalue weighted by Crippen LogP contribution is 2.53. The van der Waals surface area contributed by atoms with E-state index in [0.29, 0.717) is 22.3 Å². The summed E-state index contributed by atoms with van der Waals surface area (Å²) in [6.45, 7) is -5.20. The average Bonchev–Trinajstić information content (AvgIpc) is 3.21. The minimum atomic E-state index is -4.02. The third-order valence-electron chi connectivity index (χ3n) is 6.04. The van der Waals surface area contributed by atoms with Crippen molar-refractivity contribution < 1.29 is 51.2 Å². The highest BCUT2D eigenvalue weighted by molar-refractivity contribution is 8.07. The van der Waals surface area contributed by atoms with Crippen LogP contribution in [0.4, 0.5) is 19.0 Å². The van der Waals surface area contributed by atoms with Gasteiger partial charge in [-0.1, -0.05) is 0 Å². The van der Waals surface area contributed by atoms with E-state index >= 15 is 0 Å². The second-order valence-corrected chi connectivity index (χ2v) is 11.5. The van der Waals surface area contributed by atoms with Crippen molar-refractivity contribution >= 4 is 24.3 Å². The number of methoxy groups -OCH3 is 2. The fraction of sp³-hybridized carbons (Fsp3) is 0.333. The van der Waals surface area contributed by atoms with Gasteiger partial charge >= 0.3 is 12.4 Å². The largest absolute Gasteiger partial charge is 0.497 e. The fourth-order valence-corrected chi connectivity index (χ4v) is 5.75. The summed E-state index contributed by atoms with van der Waals surface area (Å²) in [5.74, 6) is -0.688. The van der Waals surface area contributed by atoms with E-state index in [4.69, 9.17) is 45.3 Å². The lowest BCUT2D eigenvalue weighted by Crippen LogP contribution is -2.52. The molecule has 2 aromatic carbocycles. The lowest BCUT2D eigenvalue weighted by molar-refractivity contribution is -0.192. The number of halogens is 3. The van der Waals surface area contributed by atoms with Crippen LogP contribution in [0, 0.1) is 5.82 Å². The van der Waals surface area contributed by atoms with Crippen LogP contribution in [-0.4, -0.2) is 64.8 Å². The minimum absolute atomic E-state index is 0.134. The lowest BCUT2D eigenvalue weighted by atomic mass is 9.96. The molecule has 0 spiro atoms. The molecule has 1 aliphatic rings. The number of hydrogen-bond acceptors (Lipinski definition) is 12. The zero-order valence-corrected chi connectivity index (χ0v) is 23.1. The number of rotatable bonds is 11. The third-order valence-corrected chi connectivity index (χ3v) is 8.11. The monoisotopic (exact) mass is 619 g/mol. The molecule has 4 atom stereocenters. The van der Waals surface area contributed by atoms with Crippen LogP contribution < -0.4 is 29.9 Å². The Morgan fingerprint density at radius 1 is 1.05 bits per heavy atom. The Labute approximate surface area is 236 Å². The Morgan fingerprint density at radius 3 is 2.00 bits per heavy atom. The van der Waals surface area contributed by atoms with E-state index in [1.807, 2.05) is 0 Å². The maximum Gasteiger partial charge on any atom is 0.435 e. The maximum absolute atomic E-state index is 14.5. The number of anilines is 1. The molecule has 1 saturated heterocycles. The normalized spacial score (nSPS) is 22.5. The number of aliphatic hydroxyl groups excluding tert-OH is 2. The standard InChI is InChI=1S/C24H25F3N3O9PS/c1-34-13-3-7-15(8-4-13)38-40(41,39-16-9-5-14(35-2)6-10-16)36-12-24(22(26)27)19(32)18(31)21(37-24)30-11-17(25)20(28)29-23(30)33/h3-11,18-19,21-22,31-32H,12H2,1-2H3,(H2,28,29,33)/t18-,19+,21-,24-/m1/s1. The van der Waals surface area contributed by atoms with Gasteiger partial charge in [-0.25, -0.2) is 18.0 Å². The fourth-order valence-electron chi connectivity index (χ4n) is 3.82. The maximum atomic E-state index is 14.5. The van der Waals surface area contributed by atoms with Crippen molar-refractivity contribution in [2.24, 2.45) is 0 Å². The van der Waals surface area contributed by atoms with Crippen molar-refractivity contribution in [1.29, 1.82) is 0 Å². The number of aliphatic hydroxyl groups is 2. The molecule has 1 fully saturated rings. The highest BCUT2D eigenvalue weighted by Gasteiger charge is 2.61. The molecule has 4 rings (SSSR count). The van der Waals surface area contributed by atoms with Crippen molar-refractivity contribution in [3.63, 3.8) is 0 Å². The van der Waals surface area contributed by atoms with Crippen molar-refractivity contribution in [3.05, 3.63) is 71.0 Å². The van der Waals surface area contributed by atoms with Crippen LogP contribution in [0.15, 0.2) is 59.5 Å². The van der Waals surface area contributed by atoms with Gasteiger partial charge in [0.05, 0.1) is 27.0 Å². The molecule has 0 bridgehead atoms. The van der Waals surface area contributed by atoms with Crippen LogP contribution in [0.5, 0.6) is 23.0 Å². The smallest absolute Gasteiger partial charge is 0.435 e. The van der Waals surface area contributed by atoms with Gasteiger partial charge in [-0.15, -0.1) is 0 Å². The molecule has 1 aliphatic heterocycles. The van der Waals surface area contributed by atoms with Crippen LogP contribution in [0.2, 0.25) is 0 Å². The molecule has 2 heterocycles. The van der Waals surface area contributed by atoms with Gasteiger partial charge in [0, 0.05) is 11.8 Å². The molecular weight excluding hydrogens is 594 g/mol. The molecule has 1 aromatic heterocycles. The number of aromatic nitrogens is 2. The van der Waals surface area contributed by atoms with Crippen LogP contribution in [-0.2, 0) is 21.1 Å². The van der Waals surface area contributed by atoms with E-state index in [9.17, 15) is 28.2 Å². The molecule has 41 heavy (non-hydrogen) atoms. The van der Waals surface area contributed by atoms with Gasteiger partial charge in [-0.05, 0) is 48.5 Å². The summed E-state index contributed by atoms with van der Waals surface area (Å²) in [5.41, 5.74) is 1.08. The SMILES string of the molecule is COc1ccc(OP(=S)(OC[C@@]2(C(F)F)O[C@@H](n3cc(F)c(N)nc3=O)[C@H](O)[C@@H]2O)Oc2ccc(OC)cc2)cc1. The van der Waals surface area contributed by atoms with Gasteiger partial charge in [0.15, 0.2) is 23.5 Å². The number of alkyl halides is 2. The summed E-state index contributed by atoms with van der Waals surface area (Å²) < 4.78 is 76.2. The zero-order chi connectivity index (χ0) is 29.9. The molecule has 12 nitrogen and oxygen atoms in total. The second-order valence-electron chi connectivity index (χ2n) is 8.62. The zero-order valence-electron chi connectivity index (χ0n) is 21.4. The average molecular weight is 620 g/mol. The van der Waals surface area contributed by atoms with Gasteiger partial charge in [-0.2, -0.15) is 4.98 Å². The van der Waals surface area contributed by atoms with E-state index < -0.39 is 61.1 Å². The Bertz CT molecular complexity index is 1410. The van der Waals surface area contributed by atoms with Gasteiger partial charge in [0.2, 0.25) is 0 Å².